The van der Waals surface area contributed by atoms with Gasteiger partial charge in [-0.05, 0) is 55.5 Å². The largest absolute Gasteiger partial charge is 0.357 e. The van der Waals surface area contributed by atoms with Crippen LogP contribution in [0.5, 0.6) is 0 Å². The maximum Gasteiger partial charge on any atom is 0.191 e. The normalized spacial score (nSPS) is 14.5. The zero-order chi connectivity index (χ0) is 19.1. The Bertz CT molecular complexity index is 767. The van der Waals surface area contributed by atoms with E-state index < -0.39 is 0 Å². The molecule has 0 radical (unpaired) electrons. The van der Waals surface area contributed by atoms with Gasteiger partial charge in [0.15, 0.2) is 5.96 Å². The maximum absolute atomic E-state index is 13.7. The molecule has 0 saturated carbocycles. The molecule has 0 atom stereocenters. The number of rotatable bonds is 6. The van der Waals surface area contributed by atoms with Crippen molar-refractivity contribution in [2.45, 2.75) is 39.8 Å². The summed E-state index contributed by atoms with van der Waals surface area (Å²) >= 11 is 0. The van der Waals surface area contributed by atoms with Gasteiger partial charge in [-0.3, -0.25) is 0 Å². The van der Waals surface area contributed by atoms with Crippen molar-refractivity contribution < 1.29 is 4.39 Å². The number of aryl methyl sites for hydroxylation is 1. The van der Waals surface area contributed by atoms with Crippen LogP contribution < -0.4 is 15.5 Å². The first kappa shape index (κ1) is 19.1. The Morgan fingerprint density at radius 2 is 1.93 bits per heavy atom. The Morgan fingerprint density at radius 3 is 2.59 bits per heavy atom. The van der Waals surface area contributed by atoms with E-state index in [2.05, 4.69) is 37.6 Å². The predicted molar refractivity (Wildman–Crippen MR) is 108 cm³/mol. The highest BCUT2D eigenvalue weighted by atomic mass is 19.1. The van der Waals surface area contributed by atoms with Gasteiger partial charge in [0.2, 0.25) is 0 Å². The molecule has 6 heteroatoms. The lowest BCUT2D eigenvalue weighted by molar-refractivity contribution is 0.615. The molecule has 5 nitrogen and oxygen atoms in total. The van der Waals surface area contributed by atoms with Crippen LogP contribution in [0.15, 0.2) is 41.5 Å². The molecule has 1 aliphatic rings. The zero-order valence-corrected chi connectivity index (χ0v) is 16.1. The van der Waals surface area contributed by atoms with Crippen LogP contribution in [-0.4, -0.2) is 30.6 Å². The lowest BCUT2D eigenvalue weighted by atomic mass is 10.1. The minimum absolute atomic E-state index is 0.180. The topological polar surface area (TPSA) is 52.6 Å². The molecule has 2 N–H and O–H groups in total. The fourth-order valence-corrected chi connectivity index (χ4v) is 3.09. The average molecular weight is 369 g/mol. The third kappa shape index (κ3) is 5.42. The van der Waals surface area contributed by atoms with Crippen molar-refractivity contribution in [2.75, 3.05) is 24.5 Å². The van der Waals surface area contributed by atoms with Gasteiger partial charge in [0.1, 0.15) is 11.6 Å². The molecule has 1 aromatic heterocycles. The molecule has 1 fully saturated rings. The molecule has 0 unspecified atom stereocenters. The number of benzene rings is 1. The average Bonchev–Trinajstić information content (AvgIpc) is 3.22. The molecule has 2 aromatic rings. The summed E-state index contributed by atoms with van der Waals surface area (Å²) in [6, 6.07) is 9.45. The number of nitrogens with zero attached hydrogens (tertiary/aromatic N) is 3. The summed E-state index contributed by atoms with van der Waals surface area (Å²) in [6.45, 7) is 7.81. The molecule has 1 aromatic carbocycles. The molecular weight excluding hydrogens is 341 g/mol. The number of aromatic nitrogens is 1. The van der Waals surface area contributed by atoms with Crippen LogP contribution in [0.3, 0.4) is 0 Å². The monoisotopic (exact) mass is 369 g/mol. The molecule has 2 heterocycles. The zero-order valence-electron chi connectivity index (χ0n) is 16.1. The molecular formula is C21H28FN5. The number of aliphatic imine (C=N–C) groups is 1. The summed E-state index contributed by atoms with van der Waals surface area (Å²) in [7, 11) is 0. The van der Waals surface area contributed by atoms with Gasteiger partial charge in [0.25, 0.3) is 0 Å². The first-order valence-corrected chi connectivity index (χ1v) is 9.63. The summed E-state index contributed by atoms with van der Waals surface area (Å²) in [6.07, 6.45) is 4.39. The van der Waals surface area contributed by atoms with Gasteiger partial charge in [0.05, 0.1) is 6.54 Å². The fraction of sp³-hybridized carbons (Fsp3) is 0.429. The van der Waals surface area contributed by atoms with Gasteiger partial charge in [-0.25, -0.2) is 14.4 Å². The molecule has 1 aliphatic heterocycles. The van der Waals surface area contributed by atoms with E-state index in [1.807, 2.05) is 19.2 Å². The minimum Gasteiger partial charge on any atom is -0.357 e. The Hall–Kier alpha value is -2.63. The van der Waals surface area contributed by atoms with Gasteiger partial charge in [-0.15, -0.1) is 0 Å². The molecule has 0 spiro atoms. The third-order valence-corrected chi connectivity index (χ3v) is 4.70. The smallest absolute Gasteiger partial charge is 0.191 e. The fourth-order valence-electron chi connectivity index (χ4n) is 3.09. The quantitative estimate of drug-likeness (QED) is 0.605. The predicted octanol–water partition coefficient (Wildman–Crippen LogP) is 3.38. The standard InChI is InChI=1S/C21H28FN5/c1-3-23-21(25-13-17-7-6-16(2)19(22)12-17)26-15-18-8-9-20(24-14-18)27-10-4-5-11-27/h6-9,12,14H,3-5,10-11,13,15H2,1-2H3,(H2,23,25,26). The summed E-state index contributed by atoms with van der Waals surface area (Å²) < 4.78 is 13.7. The third-order valence-electron chi connectivity index (χ3n) is 4.70. The molecule has 27 heavy (non-hydrogen) atoms. The van der Waals surface area contributed by atoms with Gasteiger partial charge in [0, 0.05) is 32.4 Å². The number of nitrogens with one attached hydrogen (secondary N) is 2. The van der Waals surface area contributed by atoms with Crippen LogP contribution in [0.25, 0.3) is 0 Å². The number of guanidine groups is 1. The van der Waals surface area contributed by atoms with Crippen LogP contribution in [0, 0.1) is 12.7 Å². The van der Waals surface area contributed by atoms with Crippen molar-refractivity contribution >= 4 is 11.8 Å². The number of hydrogen-bond donors (Lipinski definition) is 2. The van der Waals surface area contributed by atoms with Crippen molar-refractivity contribution in [3.8, 4) is 0 Å². The van der Waals surface area contributed by atoms with Gasteiger partial charge < -0.3 is 15.5 Å². The second-order valence-electron chi connectivity index (χ2n) is 6.85. The lowest BCUT2D eigenvalue weighted by Gasteiger charge is -2.16. The summed E-state index contributed by atoms with van der Waals surface area (Å²) in [5.74, 6) is 1.58. The Kier molecular flexibility index (Phi) is 6.63. The highest BCUT2D eigenvalue weighted by Crippen LogP contribution is 2.17. The van der Waals surface area contributed by atoms with E-state index in [4.69, 9.17) is 0 Å². The van der Waals surface area contributed by atoms with Gasteiger partial charge in [-0.2, -0.15) is 0 Å². The molecule has 144 valence electrons. The van der Waals surface area contributed by atoms with Gasteiger partial charge >= 0.3 is 0 Å². The number of halogens is 1. The highest BCUT2D eigenvalue weighted by molar-refractivity contribution is 5.79. The second kappa shape index (κ2) is 9.35. The van der Waals surface area contributed by atoms with Crippen LogP contribution >= 0.6 is 0 Å². The first-order chi connectivity index (χ1) is 13.2. The highest BCUT2D eigenvalue weighted by Gasteiger charge is 2.12. The van der Waals surface area contributed by atoms with E-state index in [1.54, 1.807) is 19.1 Å². The SMILES string of the molecule is CCNC(=NCc1ccc(N2CCCC2)nc1)NCc1ccc(C)c(F)c1. The van der Waals surface area contributed by atoms with Crippen molar-refractivity contribution in [1.29, 1.82) is 0 Å². The van der Waals surface area contributed by atoms with Crippen LogP contribution in [-0.2, 0) is 13.1 Å². The number of hydrogen-bond acceptors (Lipinski definition) is 3. The Balaban J connectivity index is 1.58. The van der Waals surface area contributed by atoms with Crippen molar-refractivity contribution in [3.05, 3.63) is 59.0 Å². The molecule has 3 rings (SSSR count). The van der Waals surface area contributed by atoms with Crippen LogP contribution in [0.4, 0.5) is 10.2 Å². The number of pyridine rings is 1. The van der Waals surface area contributed by atoms with E-state index in [-0.39, 0.29) is 5.82 Å². The van der Waals surface area contributed by atoms with E-state index in [0.717, 1.165) is 36.6 Å². The lowest BCUT2D eigenvalue weighted by Crippen LogP contribution is -2.36. The van der Waals surface area contributed by atoms with Crippen molar-refractivity contribution in [3.63, 3.8) is 0 Å². The van der Waals surface area contributed by atoms with E-state index in [0.29, 0.717) is 24.6 Å². The molecule has 0 aliphatic carbocycles. The summed E-state index contributed by atoms with van der Waals surface area (Å²) in [5, 5.41) is 6.48. The van der Waals surface area contributed by atoms with Crippen molar-refractivity contribution in [2.24, 2.45) is 4.99 Å². The summed E-state index contributed by atoms with van der Waals surface area (Å²) in [4.78, 5) is 11.5. The van der Waals surface area contributed by atoms with Crippen molar-refractivity contribution in [1.82, 2.24) is 15.6 Å². The number of anilines is 1. The Labute approximate surface area is 160 Å². The first-order valence-electron chi connectivity index (χ1n) is 9.63. The van der Waals surface area contributed by atoms with E-state index >= 15 is 0 Å². The van der Waals surface area contributed by atoms with E-state index in [9.17, 15) is 4.39 Å². The van der Waals surface area contributed by atoms with Crippen LogP contribution in [0.1, 0.15) is 36.5 Å². The second-order valence-corrected chi connectivity index (χ2v) is 6.85. The molecule has 0 amide bonds. The summed E-state index contributed by atoms with van der Waals surface area (Å²) in [5.41, 5.74) is 2.61. The molecule has 1 saturated heterocycles. The minimum atomic E-state index is -0.180. The van der Waals surface area contributed by atoms with Gasteiger partial charge in [-0.1, -0.05) is 18.2 Å². The Morgan fingerprint density at radius 1 is 1.15 bits per heavy atom. The molecule has 0 bridgehead atoms. The van der Waals surface area contributed by atoms with E-state index in [1.165, 1.54) is 12.8 Å². The van der Waals surface area contributed by atoms with Crippen LogP contribution in [0.2, 0.25) is 0 Å². The maximum atomic E-state index is 13.7.